The van der Waals surface area contributed by atoms with Gasteiger partial charge in [-0.15, -0.1) is 0 Å². The molecule has 0 amide bonds. The van der Waals surface area contributed by atoms with Gasteiger partial charge in [-0.25, -0.2) is 0 Å². The zero-order valence-corrected chi connectivity index (χ0v) is 34.2. The second-order valence-corrected chi connectivity index (χ2v) is 21.1. The molecule has 0 saturated heterocycles. The predicted octanol–water partition coefficient (Wildman–Crippen LogP) is 13.8. The molecule has 1 aliphatic carbocycles. The molecule has 10 aromatic carbocycles. The number of fused-ring (bicyclic) bond motifs is 12. The first kappa shape index (κ1) is 34.1. The van der Waals surface area contributed by atoms with Crippen LogP contribution in [0.25, 0.3) is 54.6 Å². The Hall–Kier alpha value is -7.00. The van der Waals surface area contributed by atoms with Gasteiger partial charge < -0.3 is 4.90 Å². The smallest absolute Gasteiger partial charge is 0.113 e. The van der Waals surface area contributed by atoms with Crippen molar-refractivity contribution in [3.8, 4) is 22.3 Å². The first-order valence-corrected chi connectivity index (χ1v) is 23.8. The summed E-state index contributed by atoms with van der Waals surface area (Å²) in [4.78, 5) is 2.49. The summed E-state index contributed by atoms with van der Waals surface area (Å²) >= 11 is 0. The standard InChI is InChI=1S/C57H41NSi/c1-59(2)55-27-15-12-24-50(55)51-35-33-42(37-56(51)59)58(41-32-34-47-45-20-7-6-18-43(45)44-19-8-9-21-46(44)52(47)36-41)40-30-28-39(29-31-40)57(38-16-4-3-5-17-38)53-25-13-10-22-48(53)49-23-11-14-26-54(49)57/h3-37H,1-2H3. The molecule has 10 aromatic rings. The van der Waals surface area contributed by atoms with Gasteiger partial charge in [0, 0.05) is 17.1 Å². The molecule has 0 aromatic heterocycles. The Bertz CT molecular complexity index is 3230. The highest BCUT2D eigenvalue weighted by atomic mass is 28.3. The maximum absolute atomic E-state index is 2.51. The summed E-state index contributed by atoms with van der Waals surface area (Å²) in [5.41, 5.74) is 13.6. The van der Waals surface area contributed by atoms with Crippen molar-refractivity contribution < 1.29 is 0 Å². The van der Waals surface area contributed by atoms with Gasteiger partial charge in [-0.2, -0.15) is 0 Å². The van der Waals surface area contributed by atoms with E-state index in [-0.39, 0.29) is 0 Å². The lowest BCUT2D eigenvalue weighted by molar-refractivity contribution is 0.768. The number of benzene rings is 10. The Morgan fingerprint density at radius 1 is 0.322 bits per heavy atom. The van der Waals surface area contributed by atoms with E-state index < -0.39 is 13.5 Å². The molecule has 0 bridgehead atoms. The summed E-state index contributed by atoms with van der Waals surface area (Å²) in [5, 5.41) is 10.7. The van der Waals surface area contributed by atoms with Gasteiger partial charge in [-0.05, 0) is 124 Å². The third-order valence-corrected chi connectivity index (χ3v) is 17.1. The van der Waals surface area contributed by atoms with Crippen LogP contribution in [0.5, 0.6) is 0 Å². The monoisotopic (exact) mass is 767 g/mol. The van der Waals surface area contributed by atoms with Crippen LogP contribution in [0, 0.1) is 0 Å². The topological polar surface area (TPSA) is 3.24 Å². The number of nitrogens with zero attached hydrogens (tertiary/aromatic N) is 1. The van der Waals surface area contributed by atoms with Crippen LogP contribution in [-0.2, 0) is 5.41 Å². The predicted molar refractivity (Wildman–Crippen MR) is 253 cm³/mol. The molecule has 0 radical (unpaired) electrons. The Labute approximate surface area is 346 Å². The lowest BCUT2D eigenvalue weighted by Crippen LogP contribution is -2.49. The van der Waals surface area contributed by atoms with Gasteiger partial charge >= 0.3 is 0 Å². The molecular formula is C57H41NSi. The average Bonchev–Trinajstić information content (AvgIpc) is 3.73. The van der Waals surface area contributed by atoms with Gasteiger partial charge in [0.15, 0.2) is 0 Å². The van der Waals surface area contributed by atoms with E-state index in [9.17, 15) is 0 Å². The summed E-state index contributed by atoms with van der Waals surface area (Å²) in [6.07, 6.45) is 0. The number of anilines is 3. The molecule has 2 aliphatic rings. The first-order chi connectivity index (χ1) is 29.0. The Kier molecular flexibility index (Phi) is 7.36. The number of rotatable bonds is 5. The van der Waals surface area contributed by atoms with Crippen LogP contribution in [0.2, 0.25) is 13.1 Å². The van der Waals surface area contributed by atoms with E-state index in [0.717, 1.165) is 11.4 Å². The molecule has 1 heterocycles. The molecule has 0 saturated carbocycles. The molecule has 12 rings (SSSR count). The van der Waals surface area contributed by atoms with Gasteiger partial charge in [0.25, 0.3) is 0 Å². The molecule has 0 fully saturated rings. The van der Waals surface area contributed by atoms with E-state index in [1.54, 1.807) is 0 Å². The van der Waals surface area contributed by atoms with Gasteiger partial charge in [-0.1, -0.05) is 189 Å². The minimum atomic E-state index is -1.94. The normalized spacial score (nSPS) is 14.2. The first-order valence-electron chi connectivity index (χ1n) is 20.8. The lowest BCUT2D eigenvalue weighted by atomic mass is 9.68. The van der Waals surface area contributed by atoms with E-state index >= 15 is 0 Å². The molecule has 0 unspecified atom stereocenters. The Morgan fingerprint density at radius 3 is 1.41 bits per heavy atom. The highest BCUT2D eigenvalue weighted by Crippen LogP contribution is 2.56. The van der Waals surface area contributed by atoms with Crippen LogP contribution in [0.1, 0.15) is 22.3 Å². The third kappa shape index (κ3) is 4.78. The van der Waals surface area contributed by atoms with Crippen molar-refractivity contribution in [1.29, 1.82) is 0 Å². The van der Waals surface area contributed by atoms with Crippen LogP contribution in [0.4, 0.5) is 17.1 Å². The summed E-state index contributed by atoms with van der Waals surface area (Å²) in [7, 11) is -1.94. The summed E-state index contributed by atoms with van der Waals surface area (Å²) in [6, 6.07) is 79.7. The zero-order valence-electron chi connectivity index (χ0n) is 33.2. The third-order valence-electron chi connectivity index (χ3n) is 13.5. The molecular weight excluding hydrogens is 727 g/mol. The highest BCUT2D eigenvalue weighted by molar-refractivity contribution is 7.03. The van der Waals surface area contributed by atoms with E-state index in [0.29, 0.717) is 0 Å². The molecule has 1 aliphatic heterocycles. The van der Waals surface area contributed by atoms with Crippen molar-refractivity contribution in [1.82, 2.24) is 0 Å². The van der Waals surface area contributed by atoms with Crippen molar-refractivity contribution in [2.75, 3.05) is 4.90 Å². The summed E-state index contributed by atoms with van der Waals surface area (Å²) in [6.45, 7) is 5.02. The average molecular weight is 768 g/mol. The van der Waals surface area contributed by atoms with Gasteiger partial charge in [-0.3, -0.25) is 0 Å². The Morgan fingerprint density at radius 2 is 0.763 bits per heavy atom. The van der Waals surface area contributed by atoms with Crippen LogP contribution in [-0.4, -0.2) is 8.07 Å². The van der Waals surface area contributed by atoms with E-state index in [1.807, 2.05) is 0 Å². The number of hydrogen-bond acceptors (Lipinski definition) is 1. The van der Waals surface area contributed by atoms with E-state index in [2.05, 4.69) is 230 Å². The van der Waals surface area contributed by atoms with E-state index in [4.69, 9.17) is 0 Å². The second kappa shape index (κ2) is 12.7. The van der Waals surface area contributed by atoms with Crippen molar-refractivity contribution in [2.45, 2.75) is 18.5 Å². The maximum Gasteiger partial charge on any atom is 0.113 e. The van der Waals surface area contributed by atoms with Gasteiger partial charge in [0.05, 0.1) is 5.41 Å². The zero-order chi connectivity index (χ0) is 39.3. The van der Waals surface area contributed by atoms with Crippen molar-refractivity contribution in [2.24, 2.45) is 0 Å². The fraction of sp³-hybridized carbons (Fsp3) is 0.0526. The molecule has 0 spiro atoms. The molecule has 0 atom stereocenters. The highest BCUT2D eigenvalue weighted by Gasteiger charge is 2.46. The summed E-state index contributed by atoms with van der Waals surface area (Å²) in [5.74, 6) is 0. The summed E-state index contributed by atoms with van der Waals surface area (Å²) < 4.78 is 0. The quantitative estimate of drug-likeness (QED) is 0.125. The minimum Gasteiger partial charge on any atom is -0.310 e. The molecule has 278 valence electrons. The van der Waals surface area contributed by atoms with Crippen LogP contribution in [0.15, 0.2) is 212 Å². The van der Waals surface area contributed by atoms with Crippen molar-refractivity contribution >= 4 is 67.8 Å². The van der Waals surface area contributed by atoms with Crippen molar-refractivity contribution in [3.05, 3.63) is 235 Å². The lowest BCUT2D eigenvalue weighted by Gasteiger charge is -2.34. The van der Waals surface area contributed by atoms with E-state index in [1.165, 1.54) is 92.9 Å². The SMILES string of the molecule is C[Si]1(C)c2ccccc2-c2ccc(N(c3ccc(C4(c5ccccc5)c5ccccc5-c5ccccc54)cc3)c3ccc4c5ccccc5c5ccccc5c4c3)cc21. The molecule has 2 heteroatoms. The van der Waals surface area contributed by atoms with Gasteiger partial charge in [0.2, 0.25) is 0 Å². The van der Waals surface area contributed by atoms with Crippen molar-refractivity contribution in [3.63, 3.8) is 0 Å². The van der Waals surface area contributed by atoms with Crippen LogP contribution in [0.3, 0.4) is 0 Å². The maximum atomic E-state index is 2.51. The molecule has 1 nitrogen and oxygen atoms in total. The van der Waals surface area contributed by atoms with Crippen LogP contribution >= 0.6 is 0 Å². The Balaban J connectivity index is 1.09. The largest absolute Gasteiger partial charge is 0.310 e. The minimum absolute atomic E-state index is 0.449. The second-order valence-electron chi connectivity index (χ2n) is 16.8. The molecule has 59 heavy (non-hydrogen) atoms. The number of hydrogen-bond donors (Lipinski definition) is 0. The fourth-order valence-corrected chi connectivity index (χ4v) is 14.0. The van der Waals surface area contributed by atoms with Gasteiger partial charge in [0.1, 0.15) is 8.07 Å². The molecule has 0 N–H and O–H groups in total. The fourth-order valence-electron chi connectivity index (χ4n) is 10.9. The van der Waals surface area contributed by atoms with Crippen LogP contribution < -0.4 is 15.3 Å².